The predicted molar refractivity (Wildman–Crippen MR) is 112 cm³/mol. The molecule has 27 heavy (non-hydrogen) atoms. The highest BCUT2D eigenvalue weighted by Crippen LogP contribution is 2.26. The molecule has 0 unspecified atom stereocenters. The van der Waals surface area contributed by atoms with Crippen molar-refractivity contribution in [2.24, 2.45) is 0 Å². The Balaban J connectivity index is 1.68. The molecule has 0 atom stereocenters. The van der Waals surface area contributed by atoms with Gasteiger partial charge in [-0.15, -0.1) is 21.5 Å². The lowest BCUT2D eigenvalue weighted by Crippen LogP contribution is -2.27. The minimum Gasteiger partial charge on any atom is -0.340 e. The largest absolute Gasteiger partial charge is 0.340 e. The summed E-state index contributed by atoms with van der Waals surface area (Å²) in [5.74, 6) is 1.30. The smallest absolute Gasteiger partial charge is 0.233 e. The number of aromatic nitrogens is 3. The summed E-state index contributed by atoms with van der Waals surface area (Å²) in [6.07, 6.45) is 0. The van der Waals surface area contributed by atoms with Crippen LogP contribution in [0.25, 0.3) is 11.4 Å². The van der Waals surface area contributed by atoms with Gasteiger partial charge in [-0.2, -0.15) is 0 Å². The van der Waals surface area contributed by atoms with E-state index in [0.29, 0.717) is 12.3 Å². The highest BCUT2D eigenvalue weighted by molar-refractivity contribution is 7.99. The van der Waals surface area contributed by atoms with Crippen LogP contribution in [0.15, 0.2) is 40.9 Å². The first-order chi connectivity index (χ1) is 13.0. The SMILES string of the molecule is CCn1c(SCC(=O)N(C)Cc2sccc2C)nnc1-c1ccccc1C. The number of rotatable bonds is 7. The Morgan fingerprint density at radius 3 is 2.63 bits per heavy atom. The van der Waals surface area contributed by atoms with Crippen LogP contribution in [-0.2, 0) is 17.9 Å². The average Bonchev–Trinajstić information content (AvgIpc) is 3.26. The van der Waals surface area contributed by atoms with Crippen molar-refractivity contribution in [2.75, 3.05) is 12.8 Å². The molecular weight excluding hydrogens is 376 g/mol. The fourth-order valence-corrected chi connectivity index (χ4v) is 4.71. The maximum atomic E-state index is 12.5. The Labute approximate surface area is 168 Å². The molecule has 0 saturated heterocycles. The summed E-state index contributed by atoms with van der Waals surface area (Å²) in [4.78, 5) is 15.5. The minimum absolute atomic E-state index is 0.0934. The summed E-state index contributed by atoms with van der Waals surface area (Å²) >= 11 is 3.14. The fourth-order valence-electron chi connectivity index (χ4n) is 2.81. The Morgan fingerprint density at radius 2 is 1.96 bits per heavy atom. The molecule has 3 rings (SSSR count). The van der Waals surface area contributed by atoms with Crippen molar-refractivity contribution in [3.05, 3.63) is 51.7 Å². The first-order valence-electron chi connectivity index (χ1n) is 8.90. The van der Waals surface area contributed by atoms with Crippen molar-refractivity contribution in [3.8, 4) is 11.4 Å². The molecule has 0 radical (unpaired) electrons. The highest BCUT2D eigenvalue weighted by Gasteiger charge is 2.17. The van der Waals surface area contributed by atoms with Crippen LogP contribution < -0.4 is 0 Å². The van der Waals surface area contributed by atoms with Gasteiger partial charge in [-0.25, -0.2) is 0 Å². The van der Waals surface area contributed by atoms with Crippen molar-refractivity contribution in [1.82, 2.24) is 19.7 Å². The number of carbonyl (C=O) groups is 1. The molecule has 0 spiro atoms. The second-order valence-electron chi connectivity index (χ2n) is 6.43. The van der Waals surface area contributed by atoms with E-state index >= 15 is 0 Å². The topological polar surface area (TPSA) is 51.0 Å². The first kappa shape index (κ1) is 19.6. The van der Waals surface area contributed by atoms with Gasteiger partial charge in [-0.3, -0.25) is 4.79 Å². The van der Waals surface area contributed by atoms with Crippen molar-refractivity contribution in [3.63, 3.8) is 0 Å². The van der Waals surface area contributed by atoms with Crippen LogP contribution in [0.1, 0.15) is 22.9 Å². The van der Waals surface area contributed by atoms with Crippen LogP contribution in [0, 0.1) is 13.8 Å². The Hall–Kier alpha value is -2.12. The molecule has 2 heterocycles. The number of thiophene rings is 1. The van der Waals surface area contributed by atoms with Gasteiger partial charge in [0.15, 0.2) is 11.0 Å². The molecule has 7 heteroatoms. The standard InChI is InChI=1S/C20H24N4OS2/c1-5-24-19(16-9-7-6-8-14(16)2)21-22-20(24)27-13-18(25)23(4)12-17-15(3)10-11-26-17/h6-11H,5,12-13H2,1-4H3. The number of amides is 1. The Bertz CT molecular complexity index is 932. The van der Waals surface area contributed by atoms with Gasteiger partial charge in [0, 0.05) is 24.0 Å². The zero-order valence-corrected chi connectivity index (χ0v) is 17.7. The maximum Gasteiger partial charge on any atom is 0.233 e. The van der Waals surface area contributed by atoms with Gasteiger partial charge in [0.05, 0.1) is 12.3 Å². The molecule has 142 valence electrons. The number of nitrogens with zero attached hydrogens (tertiary/aromatic N) is 4. The fraction of sp³-hybridized carbons (Fsp3) is 0.350. The van der Waals surface area contributed by atoms with Crippen LogP contribution in [0.2, 0.25) is 0 Å². The lowest BCUT2D eigenvalue weighted by Gasteiger charge is -2.16. The summed E-state index contributed by atoms with van der Waals surface area (Å²) in [5.41, 5.74) is 3.48. The van der Waals surface area contributed by atoms with Gasteiger partial charge in [0.25, 0.3) is 0 Å². The predicted octanol–water partition coefficient (Wildman–Crippen LogP) is 4.39. The molecule has 0 N–H and O–H groups in total. The molecule has 0 aliphatic rings. The summed E-state index contributed by atoms with van der Waals surface area (Å²) in [7, 11) is 1.85. The van der Waals surface area contributed by atoms with Crippen LogP contribution in [0.3, 0.4) is 0 Å². The summed E-state index contributed by atoms with van der Waals surface area (Å²) in [6, 6.07) is 10.2. The van der Waals surface area contributed by atoms with E-state index < -0.39 is 0 Å². The van der Waals surface area contributed by atoms with Gasteiger partial charge in [-0.1, -0.05) is 36.0 Å². The second kappa shape index (κ2) is 8.71. The summed E-state index contributed by atoms with van der Waals surface area (Å²) < 4.78 is 2.07. The van der Waals surface area contributed by atoms with Crippen molar-refractivity contribution >= 4 is 29.0 Å². The van der Waals surface area contributed by atoms with Gasteiger partial charge < -0.3 is 9.47 Å². The molecule has 0 fully saturated rings. The number of benzene rings is 1. The van der Waals surface area contributed by atoms with Gasteiger partial charge in [0.2, 0.25) is 5.91 Å². The van der Waals surface area contributed by atoms with E-state index in [1.807, 2.05) is 19.2 Å². The normalized spacial score (nSPS) is 11.0. The van der Waals surface area contributed by atoms with Gasteiger partial charge in [-0.05, 0) is 43.3 Å². The molecule has 1 aromatic carbocycles. The van der Waals surface area contributed by atoms with Crippen LogP contribution >= 0.6 is 23.1 Å². The van der Waals surface area contributed by atoms with E-state index in [9.17, 15) is 4.79 Å². The van der Waals surface area contributed by atoms with Crippen molar-refractivity contribution in [1.29, 1.82) is 0 Å². The first-order valence-corrected chi connectivity index (χ1v) is 10.8. The maximum absolute atomic E-state index is 12.5. The molecule has 0 aliphatic heterocycles. The number of hydrogen-bond donors (Lipinski definition) is 0. The van der Waals surface area contributed by atoms with E-state index in [1.165, 1.54) is 27.8 Å². The molecule has 0 saturated carbocycles. The third kappa shape index (κ3) is 4.42. The molecular formula is C20H24N4OS2. The molecule has 1 amide bonds. The molecule has 2 aromatic heterocycles. The van der Waals surface area contributed by atoms with E-state index in [2.05, 4.69) is 59.1 Å². The lowest BCUT2D eigenvalue weighted by atomic mass is 10.1. The molecule has 5 nitrogen and oxygen atoms in total. The minimum atomic E-state index is 0.0934. The second-order valence-corrected chi connectivity index (χ2v) is 8.37. The van der Waals surface area contributed by atoms with E-state index in [1.54, 1.807) is 16.2 Å². The van der Waals surface area contributed by atoms with Crippen molar-refractivity contribution in [2.45, 2.75) is 39.0 Å². The zero-order chi connectivity index (χ0) is 19.4. The van der Waals surface area contributed by atoms with E-state index in [4.69, 9.17) is 0 Å². The zero-order valence-electron chi connectivity index (χ0n) is 16.1. The number of carbonyl (C=O) groups excluding carboxylic acids is 1. The van der Waals surface area contributed by atoms with E-state index in [0.717, 1.165) is 23.1 Å². The Kier molecular flexibility index (Phi) is 6.34. The number of thioether (sulfide) groups is 1. The number of aryl methyl sites for hydroxylation is 2. The average molecular weight is 401 g/mol. The Morgan fingerprint density at radius 1 is 1.19 bits per heavy atom. The van der Waals surface area contributed by atoms with Crippen LogP contribution in [-0.4, -0.2) is 38.4 Å². The highest BCUT2D eigenvalue weighted by atomic mass is 32.2. The summed E-state index contributed by atoms with van der Waals surface area (Å²) in [6.45, 7) is 7.63. The lowest BCUT2D eigenvalue weighted by molar-refractivity contribution is -0.127. The number of hydrogen-bond acceptors (Lipinski definition) is 5. The monoisotopic (exact) mass is 400 g/mol. The molecule has 3 aromatic rings. The molecule has 0 bridgehead atoms. The van der Waals surface area contributed by atoms with Gasteiger partial charge >= 0.3 is 0 Å². The quantitative estimate of drug-likeness (QED) is 0.552. The molecule has 0 aliphatic carbocycles. The van der Waals surface area contributed by atoms with Crippen molar-refractivity contribution < 1.29 is 4.79 Å². The third-order valence-corrected chi connectivity index (χ3v) is 6.48. The van der Waals surface area contributed by atoms with Crippen LogP contribution in [0.5, 0.6) is 0 Å². The van der Waals surface area contributed by atoms with Crippen LogP contribution in [0.4, 0.5) is 0 Å². The third-order valence-electron chi connectivity index (χ3n) is 4.52. The van der Waals surface area contributed by atoms with E-state index in [-0.39, 0.29) is 5.91 Å². The summed E-state index contributed by atoms with van der Waals surface area (Å²) in [5, 5.41) is 11.6. The van der Waals surface area contributed by atoms with Gasteiger partial charge in [0.1, 0.15) is 0 Å².